The molecule has 0 unspecified atom stereocenters. The van der Waals surface area contributed by atoms with E-state index in [-0.39, 0.29) is 0 Å². The van der Waals surface area contributed by atoms with Gasteiger partial charge in [0, 0.05) is 11.6 Å². The van der Waals surface area contributed by atoms with E-state index in [9.17, 15) is 4.39 Å². The molecule has 0 radical (unpaired) electrons. The molecule has 0 N–H and O–H groups in total. The molecule has 0 fully saturated rings. The maximum absolute atomic E-state index is 12.6. The van der Waals surface area contributed by atoms with Crippen LogP contribution in [0.4, 0.5) is 4.39 Å². The van der Waals surface area contributed by atoms with Crippen molar-refractivity contribution in [3.8, 4) is 0 Å². The second-order valence-corrected chi connectivity index (χ2v) is 3.44. The second kappa shape index (κ2) is 3.80. The molecule has 0 aliphatic rings. The highest BCUT2D eigenvalue weighted by Gasteiger charge is 1.98. The van der Waals surface area contributed by atoms with Crippen molar-refractivity contribution in [1.82, 2.24) is 9.55 Å². The zero-order valence-electron chi connectivity index (χ0n) is 7.32. The molecule has 0 aliphatic heterocycles. The fraction of sp³-hybridized carbons (Fsp3) is 0.100. The minimum absolute atomic E-state index is 0.466. The Labute approximate surface area is 86.0 Å². The second-order valence-electron chi connectivity index (χ2n) is 3.00. The Morgan fingerprint density at radius 1 is 1.43 bits per heavy atom. The van der Waals surface area contributed by atoms with Gasteiger partial charge in [0.2, 0.25) is 5.95 Å². The Hall–Kier alpha value is -1.35. The highest BCUT2D eigenvalue weighted by Crippen LogP contribution is 2.11. The third-order valence-corrected chi connectivity index (χ3v) is 2.09. The summed E-state index contributed by atoms with van der Waals surface area (Å²) in [5.41, 5.74) is 1.02. The molecule has 0 spiro atoms. The summed E-state index contributed by atoms with van der Waals surface area (Å²) in [6, 6.07) is 7.45. The molecule has 0 aliphatic carbocycles. The van der Waals surface area contributed by atoms with Gasteiger partial charge in [-0.3, -0.25) is 0 Å². The Balaban J connectivity index is 2.18. The molecular formula is C10H8ClFN2. The molecular weight excluding hydrogens is 203 g/mol. The van der Waals surface area contributed by atoms with E-state index in [1.807, 2.05) is 18.2 Å². The third kappa shape index (κ3) is 2.12. The van der Waals surface area contributed by atoms with Gasteiger partial charge in [-0.25, -0.2) is 4.98 Å². The molecule has 0 atom stereocenters. The fourth-order valence-corrected chi connectivity index (χ4v) is 1.48. The number of nitrogens with zero attached hydrogens (tertiary/aromatic N) is 2. The van der Waals surface area contributed by atoms with Gasteiger partial charge in [-0.1, -0.05) is 23.7 Å². The van der Waals surface area contributed by atoms with Crippen LogP contribution in [-0.2, 0) is 6.54 Å². The summed E-state index contributed by atoms with van der Waals surface area (Å²) in [7, 11) is 0. The van der Waals surface area contributed by atoms with Crippen molar-refractivity contribution in [2.75, 3.05) is 0 Å². The van der Waals surface area contributed by atoms with E-state index in [0.29, 0.717) is 11.6 Å². The van der Waals surface area contributed by atoms with Gasteiger partial charge in [0.25, 0.3) is 0 Å². The average Bonchev–Trinajstić information content (AvgIpc) is 2.51. The number of aromatic nitrogens is 2. The Morgan fingerprint density at radius 2 is 2.29 bits per heavy atom. The predicted molar refractivity (Wildman–Crippen MR) is 52.7 cm³/mol. The van der Waals surface area contributed by atoms with Gasteiger partial charge in [0.1, 0.15) is 0 Å². The van der Waals surface area contributed by atoms with Crippen LogP contribution >= 0.6 is 11.6 Å². The first kappa shape index (κ1) is 9.21. The van der Waals surface area contributed by atoms with Crippen LogP contribution in [0.25, 0.3) is 0 Å². The van der Waals surface area contributed by atoms with Crippen LogP contribution in [0.15, 0.2) is 36.8 Å². The Kier molecular flexibility index (Phi) is 2.50. The normalized spacial score (nSPS) is 10.4. The highest BCUT2D eigenvalue weighted by atomic mass is 35.5. The Bertz CT molecular complexity index is 439. The average molecular weight is 211 g/mol. The van der Waals surface area contributed by atoms with Crippen LogP contribution in [-0.4, -0.2) is 9.55 Å². The van der Waals surface area contributed by atoms with Gasteiger partial charge in [0.15, 0.2) is 0 Å². The molecule has 0 amide bonds. The predicted octanol–water partition coefficient (Wildman–Crippen LogP) is 2.72. The van der Waals surface area contributed by atoms with E-state index in [2.05, 4.69) is 4.98 Å². The first-order valence-corrected chi connectivity index (χ1v) is 4.53. The van der Waals surface area contributed by atoms with E-state index < -0.39 is 5.95 Å². The summed E-state index contributed by atoms with van der Waals surface area (Å²) < 4.78 is 14.2. The maximum atomic E-state index is 12.6. The lowest BCUT2D eigenvalue weighted by Gasteiger charge is -2.01. The van der Waals surface area contributed by atoms with Crippen molar-refractivity contribution in [3.63, 3.8) is 0 Å². The lowest BCUT2D eigenvalue weighted by molar-refractivity contribution is 0.588. The van der Waals surface area contributed by atoms with Gasteiger partial charge in [-0.15, -0.1) is 0 Å². The van der Waals surface area contributed by atoms with Crippen molar-refractivity contribution in [3.05, 3.63) is 53.3 Å². The van der Waals surface area contributed by atoms with Gasteiger partial charge >= 0.3 is 0 Å². The van der Waals surface area contributed by atoms with Gasteiger partial charge in [0.05, 0.1) is 12.5 Å². The summed E-state index contributed by atoms with van der Waals surface area (Å²) in [5.74, 6) is -0.466. The Morgan fingerprint density at radius 3 is 2.93 bits per heavy atom. The van der Waals surface area contributed by atoms with Gasteiger partial charge in [-0.2, -0.15) is 4.39 Å². The van der Waals surface area contributed by atoms with Crippen LogP contribution in [0.5, 0.6) is 0 Å². The molecule has 1 aromatic carbocycles. The summed E-state index contributed by atoms with van der Waals surface area (Å²) in [5, 5.41) is 0.683. The van der Waals surface area contributed by atoms with Crippen LogP contribution in [0.3, 0.4) is 0 Å². The number of imidazole rings is 1. The molecule has 0 saturated carbocycles. The zero-order chi connectivity index (χ0) is 9.97. The third-order valence-electron chi connectivity index (χ3n) is 1.86. The van der Waals surface area contributed by atoms with Crippen LogP contribution in [0.1, 0.15) is 5.56 Å². The van der Waals surface area contributed by atoms with Gasteiger partial charge in [-0.05, 0) is 17.7 Å². The largest absolute Gasteiger partial charge is 0.330 e. The quantitative estimate of drug-likeness (QED) is 0.745. The minimum Gasteiger partial charge on any atom is -0.330 e. The summed E-state index contributed by atoms with van der Waals surface area (Å²) in [6.07, 6.45) is 2.80. The topological polar surface area (TPSA) is 17.8 Å². The molecule has 14 heavy (non-hydrogen) atoms. The van der Waals surface area contributed by atoms with Crippen LogP contribution in [0.2, 0.25) is 5.02 Å². The van der Waals surface area contributed by atoms with E-state index >= 15 is 0 Å². The number of hydrogen-bond donors (Lipinski definition) is 0. The fourth-order valence-electron chi connectivity index (χ4n) is 1.27. The summed E-state index contributed by atoms with van der Waals surface area (Å²) in [4.78, 5) is 3.50. The van der Waals surface area contributed by atoms with Crippen LogP contribution < -0.4 is 0 Å². The molecule has 2 rings (SSSR count). The molecule has 0 bridgehead atoms. The van der Waals surface area contributed by atoms with Crippen molar-refractivity contribution in [2.24, 2.45) is 0 Å². The number of rotatable bonds is 2. The zero-order valence-corrected chi connectivity index (χ0v) is 8.08. The first-order chi connectivity index (χ1) is 6.74. The SMILES string of the molecule is Fc1cn(Cc2cccc(Cl)c2)cn1. The lowest BCUT2D eigenvalue weighted by Crippen LogP contribution is -1.95. The van der Waals surface area contributed by atoms with Crippen molar-refractivity contribution in [2.45, 2.75) is 6.54 Å². The maximum Gasteiger partial charge on any atom is 0.230 e. The molecule has 0 saturated heterocycles. The minimum atomic E-state index is -0.466. The summed E-state index contributed by atoms with van der Waals surface area (Å²) >= 11 is 5.82. The summed E-state index contributed by atoms with van der Waals surface area (Å²) in [6.45, 7) is 0.581. The highest BCUT2D eigenvalue weighted by molar-refractivity contribution is 6.30. The van der Waals surface area contributed by atoms with Crippen molar-refractivity contribution in [1.29, 1.82) is 0 Å². The standard InChI is InChI=1S/C10H8ClFN2/c11-9-3-1-2-8(4-9)5-14-6-10(12)13-7-14/h1-4,6-7H,5H2. The van der Waals surface area contributed by atoms with E-state index in [4.69, 9.17) is 11.6 Å². The number of benzene rings is 1. The van der Waals surface area contributed by atoms with Crippen LogP contribution in [0, 0.1) is 5.95 Å². The number of hydrogen-bond acceptors (Lipinski definition) is 1. The van der Waals surface area contributed by atoms with E-state index in [1.54, 1.807) is 10.6 Å². The van der Waals surface area contributed by atoms with E-state index in [1.165, 1.54) is 12.5 Å². The van der Waals surface area contributed by atoms with Gasteiger partial charge < -0.3 is 4.57 Å². The smallest absolute Gasteiger partial charge is 0.230 e. The van der Waals surface area contributed by atoms with Crippen molar-refractivity contribution < 1.29 is 4.39 Å². The molecule has 1 aromatic heterocycles. The number of halogens is 2. The molecule has 4 heteroatoms. The van der Waals surface area contributed by atoms with E-state index in [0.717, 1.165) is 5.56 Å². The van der Waals surface area contributed by atoms with Crippen molar-refractivity contribution >= 4 is 11.6 Å². The molecule has 2 nitrogen and oxygen atoms in total. The molecule has 72 valence electrons. The monoisotopic (exact) mass is 210 g/mol. The molecule has 1 heterocycles. The molecule has 2 aromatic rings. The first-order valence-electron chi connectivity index (χ1n) is 4.16. The lowest BCUT2D eigenvalue weighted by atomic mass is 10.2.